The molecule has 0 unspecified atom stereocenters. The summed E-state index contributed by atoms with van der Waals surface area (Å²) in [5.74, 6) is -1.10. The van der Waals surface area contributed by atoms with Crippen LogP contribution < -0.4 is 0 Å². The van der Waals surface area contributed by atoms with Gasteiger partial charge in [-0.3, -0.25) is 19.2 Å². The van der Waals surface area contributed by atoms with Gasteiger partial charge in [0.1, 0.15) is 12.3 Å². The van der Waals surface area contributed by atoms with E-state index in [1.165, 1.54) is 4.68 Å². The van der Waals surface area contributed by atoms with Crippen LogP contribution in [0.3, 0.4) is 0 Å². The van der Waals surface area contributed by atoms with Gasteiger partial charge >= 0.3 is 0 Å². The summed E-state index contributed by atoms with van der Waals surface area (Å²) < 4.78 is 7.30. The van der Waals surface area contributed by atoms with Crippen molar-refractivity contribution in [1.82, 2.24) is 15.0 Å². The SMILES string of the molecule is CC(C)=CC1=C(OCc2cn(CC3=C(C)C(=O)c4ccccc4C3=O)nn2)C(=O)c2ccccc2C1=O. The number of Topliss-reactive ketones (excluding diaryl/α,β-unsaturated/α-hetero) is 4. The van der Waals surface area contributed by atoms with Crippen molar-refractivity contribution in [3.63, 3.8) is 0 Å². The third kappa shape index (κ3) is 4.27. The zero-order valence-corrected chi connectivity index (χ0v) is 20.6. The summed E-state index contributed by atoms with van der Waals surface area (Å²) in [6.07, 6.45) is 3.23. The van der Waals surface area contributed by atoms with Gasteiger partial charge in [-0.1, -0.05) is 59.3 Å². The molecule has 0 atom stereocenters. The molecule has 1 aromatic heterocycles. The summed E-state index contributed by atoms with van der Waals surface area (Å²) >= 11 is 0. The number of aromatic nitrogens is 3. The quantitative estimate of drug-likeness (QED) is 0.498. The Morgan fingerprint density at radius 1 is 0.838 bits per heavy atom. The fraction of sp³-hybridized carbons (Fsp3) is 0.172. The van der Waals surface area contributed by atoms with Gasteiger partial charge in [0.25, 0.3) is 0 Å². The molecule has 2 aromatic carbocycles. The maximum Gasteiger partial charge on any atom is 0.229 e. The van der Waals surface area contributed by atoms with Crippen molar-refractivity contribution in [1.29, 1.82) is 0 Å². The van der Waals surface area contributed by atoms with E-state index in [1.54, 1.807) is 67.7 Å². The molecular weight excluding hydrogens is 470 g/mol. The number of ether oxygens (including phenoxy) is 1. The highest BCUT2D eigenvalue weighted by Crippen LogP contribution is 2.30. The van der Waals surface area contributed by atoms with E-state index in [2.05, 4.69) is 10.3 Å². The van der Waals surface area contributed by atoms with Gasteiger partial charge in [0.15, 0.2) is 23.1 Å². The van der Waals surface area contributed by atoms with Crippen molar-refractivity contribution >= 4 is 23.1 Å². The van der Waals surface area contributed by atoms with Gasteiger partial charge in [0.05, 0.1) is 18.3 Å². The molecule has 0 N–H and O–H groups in total. The number of nitrogens with zero attached hydrogens (tertiary/aromatic N) is 3. The summed E-state index contributed by atoms with van der Waals surface area (Å²) in [5, 5.41) is 8.16. The second-order valence-electron chi connectivity index (χ2n) is 9.17. The van der Waals surface area contributed by atoms with Crippen molar-refractivity contribution < 1.29 is 23.9 Å². The molecule has 1 heterocycles. The van der Waals surface area contributed by atoms with E-state index < -0.39 is 0 Å². The van der Waals surface area contributed by atoms with Gasteiger partial charge in [-0.25, -0.2) is 4.68 Å². The molecule has 0 amide bonds. The van der Waals surface area contributed by atoms with Crippen LogP contribution in [0.4, 0.5) is 0 Å². The Hall–Kier alpha value is -4.72. The minimum atomic E-state index is -0.374. The fourth-order valence-corrected chi connectivity index (χ4v) is 4.47. The Labute approximate surface area is 212 Å². The van der Waals surface area contributed by atoms with E-state index in [0.717, 1.165) is 5.57 Å². The Morgan fingerprint density at radius 3 is 2.03 bits per heavy atom. The van der Waals surface area contributed by atoms with E-state index in [4.69, 9.17) is 4.74 Å². The lowest BCUT2D eigenvalue weighted by Gasteiger charge is -2.19. The van der Waals surface area contributed by atoms with E-state index in [9.17, 15) is 19.2 Å². The number of benzene rings is 2. The molecule has 0 fully saturated rings. The van der Waals surface area contributed by atoms with Crippen LogP contribution in [-0.4, -0.2) is 38.1 Å². The molecule has 8 nitrogen and oxygen atoms in total. The average molecular weight is 494 g/mol. The summed E-state index contributed by atoms with van der Waals surface area (Å²) in [5.41, 5.74) is 3.57. The van der Waals surface area contributed by atoms with Crippen LogP contribution in [0.25, 0.3) is 0 Å². The maximum absolute atomic E-state index is 13.2. The molecule has 8 heteroatoms. The standard InChI is InChI=1S/C29H23N3O5/c1-16(2)12-23-26(34)21-10-6-7-11-22(21)28(36)29(23)37-15-18-13-32(31-30-18)14-24-17(3)25(33)19-8-4-5-9-20(19)27(24)35/h4-13H,14-15H2,1-3H3. The van der Waals surface area contributed by atoms with Gasteiger partial charge in [-0.05, 0) is 26.8 Å². The molecule has 2 aliphatic carbocycles. The maximum atomic E-state index is 13.2. The number of hydrogen-bond donors (Lipinski definition) is 0. The molecule has 0 aliphatic heterocycles. The highest BCUT2D eigenvalue weighted by molar-refractivity contribution is 6.27. The Morgan fingerprint density at radius 2 is 1.41 bits per heavy atom. The zero-order chi connectivity index (χ0) is 26.3. The van der Waals surface area contributed by atoms with Crippen molar-refractivity contribution in [2.45, 2.75) is 33.9 Å². The highest BCUT2D eigenvalue weighted by Gasteiger charge is 2.33. The van der Waals surface area contributed by atoms with Crippen molar-refractivity contribution in [3.8, 4) is 0 Å². The van der Waals surface area contributed by atoms with E-state index in [0.29, 0.717) is 39.1 Å². The molecule has 0 saturated carbocycles. The molecule has 0 bridgehead atoms. The average Bonchev–Trinajstić information content (AvgIpc) is 3.35. The van der Waals surface area contributed by atoms with Crippen LogP contribution in [0.2, 0.25) is 0 Å². The first-order valence-corrected chi connectivity index (χ1v) is 11.7. The second kappa shape index (κ2) is 9.39. The highest BCUT2D eigenvalue weighted by atomic mass is 16.5. The van der Waals surface area contributed by atoms with Crippen LogP contribution in [-0.2, 0) is 17.9 Å². The summed E-state index contributed by atoms with van der Waals surface area (Å²) in [4.78, 5) is 52.0. The van der Waals surface area contributed by atoms with E-state index in [-0.39, 0.29) is 47.6 Å². The number of fused-ring (bicyclic) bond motifs is 2. The lowest BCUT2D eigenvalue weighted by Crippen LogP contribution is -2.23. The van der Waals surface area contributed by atoms with Crippen LogP contribution in [0.15, 0.2) is 88.9 Å². The first-order chi connectivity index (χ1) is 17.8. The first kappa shape index (κ1) is 24.0. The molecular formula is C29H23N3O5. The third-order valence-corrected chi connectivity index (χ3v) is 6.30. The van der Waals surface area contributed by atoms with Gasteiger partial charge in [0.2, 0.25) is 5.78 Å². The lowest BCUT2D eigenvalue weighted by atomic mass is 9.84. The predicted octanol–water partition coefficient (Wildman–Crippen LogP) is 4.49. The molecule has 3 aromatic rings. The smallest absolute Gasteiger partial charge is 0.229 e. The predicted molar refractivity (Wildman–Crippen MR) is 134 cm³/mol. The monoisotopic (exact) mass is 493 g/mol. The minimum absolute atomic E-state index is 0.0392. The number of allylic oxidation sites excluding steroid dienone is 6. The lowest BCUT2D eigenvalue weighted by molar-refractivity contribution is 0.0859. The van der Waals surface area contributed by atoms with Crippen LogP contribution in [0, 0.1) is 0 Å². The fourth-order valence-electron chi connectivity index (χ4n) is 4.47. The third-order valence-electron chi connectivity index (χ3n) is 6.30. The Balaban J connectivity index is 1.38. The van der Waals surface area contributed by atoms with E-state index in [1.807, 2.05) is 13.8 Å². The molecule has 0 spiro atoms. The normalized spacial score (nSPS) is 15.1. The Bertz CT molecular complexity index is 1600. The zero-order valence-electron chi connectivity index (χ0n) is 20.6. The first-order valence-electron chi connectivity index (χ1n) is 11.7. The molecule has 2 aliphatic rings. The summed E-state index contributed by atoms with van der Waals surface area (Å²) in [6, 6.07) is 13.4. The number of carbonyl (C=O) groups is 4. The number of ketones is 4. The summed E-state index contributed by atoms with van der Waals surface area (Å²) in [7, 11) is 0. The van der Waals surface area contributed by atoms with Crippen LogP contribution in [0.1, 0.15) is 67.9 Å². The topological polar surface area (TPSA) is 108 Å². The molecule has 5 rings (SSSR count). The largest absolute Gasteiger partial charge is 0.482 e. The Kier molecular flexibility index (Phi) is 6.09. The van der Waals surface area contributed by atoms with Gasteiger partial charge in [-0.2, -0.15) is 0 Å². The summed E-state index contributed by atoms with van der Waals surface area (Å²) in [6.45, 7) is 5.26. The minimum Gasteiger partial charge on any atom is -0.482 e. The number of carbonyl (C=O) groups excluding carboxylic acids is 4. The second-order valence-corrected chi connectivity index (χ2v) is 9.17. The van der Waals surface area contributed by atoms with Crippen molar-refractivity contribution in [3.05, 3.63) is 117 Å². The molecule has 37 heavy (non-hydrogen) atoms. The van der Waals surface area contributed by atoms with Gasteiger partial charge in [0, 0.05) is 33.4 Å². The van der Waals surface area contributed by atoms with E-state index >= 15 is 0 Å². The van der Waals surface area contributed by atoms with Crippen LogP contribution >= 0.6 is 0 Å². The molecule has 184 valence electrons. The van der Waals surface area contributed by atoms with Gasteiger partial charge < -0.3 is 4.74 Å². The number of rotatable bonds is 6. The van der Waals surface area contributed by atoms with Gasteiger partial charge in [-0.15, -0.1) is 5.10 Å². The molecule has 0 radical (unpaired) electrons. The van der Waals surface area contributed by atoms with Crippen molar-refractivity contribution in [2.24, 2.45) is 0 Å². The number of hydrogen-bond acceptors (Lipinski definition) is 7. The molecule has 0 saturated heterocycles. The van der Waals surface area contributed by atoms with Crippen LogP contribution in [0.5, 0.6) is 0 Å². The van der Waals surface area contributed by atoms with Crippen molar-refractivity contribution in [2.75, 3.05) is 0 Å².